The molecule has 0 aliphatic heterocycles. The normalized spacial score (nSPS) is 11.8. The summed E-state index contributed by atoms with van der Waals surface area (Å²) in [6.45, 7) is 6.08. The van der Waals surface area contributed by atoms with Crippen LogP contribution in [0.1, 0.15) is 19.4 Å². The van der Waals surface area contributed by atoms with Crippen LogP contribution in [0.15, 0.2) is 51.1 Å². The Morgan fingerprint density at radius 3 is 2.61 bits per heavy atom. The van der Waals surface area contributed by atoms with E-state index in [0.717, 1.165) is 0 Å². The largest absolute Gasteiger partial charge is 0.461 e. The molecule has 9 nitrogen and oxygen atoms in total. The highest BCUT2D eigenvalue weighted by Crippen LogP contribution is 2.25. The van der Waals surface area contributed by atoms with E-state index < -0.39 is 10.0 Å². The van der Waals surface area contributed by atoms with Gasteiger partial charge in [0, 0.05) is 25.8 Å². The van der Waals surface area contributed by atoms with Gasteiger partial charge < -0.3 is 14.3 Å². The number of aromatic nitrogens is 3. The Morgan fingerprint density at radius 1 is 1.23 bits per heavy atom. The first-order chi connectivity index (χ1) is 14.8. The molecule has 0 unspecified atom stereocenters. The standard InChI is InChI=1S/C20H25N5O4S2/c1-5-25(6-2)31(27,28)17-12-15(10-9-14(17)3)21-18(26)13-30-20-23-22-19(24(20)4)16-8-7-11-29-16/h7-12H,5-6,13H2,1-4H3,(H,21,26). The SMILES string of the molecule is CCN(CC)S(=O)(=O)c1cc(NC(=O)CSc2nnc(-c3ccco3)n2C)ccc1C. The summed E-state index contributed by atoms with van der Waals surface area (Å²) in [6.07, 6.45) is 1.56. The van der Waals surface area contributed by atoms with Crippen molar-refractivity contribution in [2.24, 2.45) is 7.05 Å². The van der Waals surface area contributed by atoms with Gasteiger partial charge in [0.05, 0.1) is 16.9 Å². The van der Waals surface area contributed by atoms with Gasteiger partial charge in [0.2, 0.25) is 15.9 Å². The van der Waals surface area contributed by atoms with Crippen LogP contribution in [-0.2, 0) is 21.9 Å². The fraction of sp³-hybridized carbons (Fsp3) is 0.350. The lowest BCUT2D eigenvalue weighted by Crippen LogP contribution is -2.31. The first kappa shape index (κ1) is 23.0. The van der Waals surface area contributed by atoms with E-state index in [2.05, 4.69) is 15.5 Å². The number of benzene rings is 1. The fourth-order valence-electron chi connectivity index (χ4n) is 3.05. The number of sulfonamides is 1. The summed E-state index contributed by atoms with van der Waals surface area (Å²) in [5, 5.41) is 11.5. The molecular weight excluding hydrogens is 438 g/mol. The van der Waals surface area contributed by atoms with Crippen LogP contribution in [0.4, 0.5) is 5.69 Å². The van der Waals surface area contributed by atoms with Gasteiger partial charge in [0.1, 0.15) is 0 Å². The Balaban J connectivity index is 1.69. The maximum atomic E-state index is 12.9. The highest BCUT2D eigenvalue weighted by atomic mass is 32.2. The molecule has 0 aliphatic rings. The van der Waals surface area contributed by atoms with E-state index >= 15 is 0 Å². The van der Waals surface area contributed by atoms with Gasteiger partial charge in [-0.25, -0.2) is 8.42 Å². The molecule has 166 valence electrons. The molecule has 0 atom stereocenters. The van der Waals surface area contributed by atoms with Crippen LogP contribution in [0.2, 0.25) is 0 Å². The van der Waals surface area contributed by atoms with Gasteiger partial charge in [-0.3, -0.25) is 4.79 Å². The molecule has 2 heterocycles. The van der Waals surface area contributed by atoms with Crippen LogP contribution in [-0.4, -0.2) is 52.2 Å². The number of nitrogens with one attached hydrogen (secondary N) is 1. The van der Waals surface area contributed by atoms with Crippen molar-refractivity contribution in [1.82, 2.24) is 19.1 Å². The number of nitrogens with zero attached hydrogens (tertiary/aromatic N) is 4. The zero-order chi connectivity index (χ0) is 22.6. The molecular formula is C20H25N5O4S2. The summed E-state index contributed by atoms with van der Waals surface area (Å²) in [5.41, 5.74) is 1.06. The Hall–Kier alpha value is -2.63. The smallest absolute Gasteiger partial charge is 0.243 e. The Morgan fingerprint density at radius 2 is 1.97 bits per heavy atom. The van der Waals surface area contributed by atoms with Crippen LogP contribution in [0.3, 0.4) is 0 Å². The number of carbonyl (C=O) groups excluding carboxylic acids is 1. The van der Waals surface area contributed by atoms with Gasteiger partial charge >= 0.3 is 0 Å². The molecule has 11 heteroatoms. The third-order valence-electron chi connectivity index (χ3n) is 4.70. The van der Waals surface area contributed by atoms with Gasteiger partial charge in [-0.05, 0) is 36.8 Å². The molecule has 3 rings (SSSR count). The maximum absolute atomic E-state index is 12.9. The quantitative estimate of drug-likeness (QED) is 0.485. The zero-order valence-corrected chi connectivity index (χ0v) is 19.5. The van der Waals surface area contributed by atoms with E-state index in [1.165, 1.54) is 22.1 Å². The topological polar surface area (TPSA) is 110 Å². The predicted molar refractivity (Wildman–Crippen MR) is 119 cm³/mol. The number of furan rings is 1. The molecule has 1 aromatic carbocycles. The van der Waals surface area contributed by atoms with E-state index in [-0.39, 0.29) is 16.6 Å². The Labute approximate surface area is 185 Å². The molecule has 0 spiro atoms. The number of thioether (sulfide) groups is 1. The highest BCUT2D eigenvalue weighted by Gasteiger charge is 2.24. The number of anilines is 1. The van der Waals surface area contributed by atoms with E-state index in [1.54, 1.807) is 62.9 Å². The van der Waals surface area contributed by atoms with Crippen molar-refractivity contribution < 1.29 is 17.6 Å². The minimum atomic E-state index is -3.62. The monoisotopic (exact) mass is 463 g/mol. The Bertz CT molecular complexity index is 1150. The van der Waals surface area contributed by atoms with Crippen LogP contribution in [0, 0.1) is 6.92 Å². The van der Waals surface area contributed by atoms with Crippen molar-refractivity contribution in [3.63, 3.8) is 0 Å². The summed E-state index contributed by atoms with van der Waals surface area (Å²) in [7, 11) is -1.83. The van der Waals surface area contributed by atoms with E-state index in [4.69, 9.17) is 4.42 Å². The molecule has 0 fully saturated rings. The van der Waals surface area contributed by atoms with E-state index in [1.807, 2.05) is 0 Å². The van der Waals surface area contributed by atoms with Crippen molar-refractivity contribution in [1.29, 1.82) is 0 Å². The third kappa shape index (κ3) is 5.00. The molecule has 2 aromatic heterocycles. The van der Waals surface area contributed by atoms with E-state index in [0.29, 0.717) is 41.1 Å². The van der Waals surface area contributed by atoms with E-state index in [9.17, 15) is 13.2 Å². The van der Waals surface area contributed by atoms with Crippen LogP contribution in [0.25, 0.3) is 11.6 Å². The van der Waals surface area contributed by atoms with Crippen molar-refractivity contribution >= 4 is 33.4 Å². The fourth-order valence-corrected chi connectivity index (χ4v) is 5.47. The second kappa shape index (κ2) is 9.67. The van der Waals surface area contributed by atoms with Gasteiger partial charge in [0.25, 0.3) is 0 Å². The number of hydrogen-bond donors (Lipinski definition) is 1. The minimum Gasteiger partial charge on any atom is -0.461 e. The molecule has 0 radical (unpaired) electrons. The highest BCUT2D eigenvalue weighted by molar-refractivity contribution is 7.99. The summed E-state index contributed by atoms with van der Waals surface area (Å²) in [5.74, 6) is 0.976. The summed E-state index contributed by atoms with van der Waals surface area (Å²) in [4.78, 5) is 12.6. The van der Waals surface area contributed by atoms with Gasteiger partial charge in [0.15, 0.2) is 16.7 Å². The lowest BCUT2D eigenvalue weighted by molar-refractivity contribution is -0.113. The summed E-state index contributed by atoms with van der Waals surface area (Å²) >= 11 is 1.23. The van der Waals surface area contributed by atoms with Crippen molar-refractivity contribution in [2.45, 2.75) is 30.8 Å². The molecule has 1 N–H and O–H groups in total. The molecule has 0 saturated heterocycles. The molecule has 0 aliphatic carbocycles. The van der Waals surface area contributed by atoms with Crippen molar-refractivity contribution in [3.8, 4) is 11.6 Å². The summed E-state index contributed by atoms with van der Waals surface area (Å²) in [6, 6.07) is 8.43. The van der Waals surface area contributed by atoms with Gasteiger partial charge in [-0.1, -0.05) is 31.7 Å². The first-order valence-electron chi connectivity index (χ1n) is 9.74. The number of carbonyl (C=O) groups is 1. The predicted octanol–water partition coefficient (Wildman–Crippen LogP) is 3.14. The van der Waals surface area contributed by atoms with Crippen LogP contribution < -0.4 is 5.32 Å². The zero-order valence-electron chi connectivity index (χ0n) is 17.8. The number of aryl methyl sites for hydroxylation is 1. The first-order valence-corrected chi connectivity index (χ1v) is 12.2. The number of rotatable bonds is 9. The molecule has 0 bridgehead atoms. The van der Waals surface area contributed by atoms with Gasteiger partial charge in [-0.2, -0.15) is 4.31 Å². The Kier molecular flexibility index (Phi) is 7.19. The molecule has 1 amide bonds. The number of amides is 1. The second-order valence-corrected chi connectivity index (χ2v) is 9.60. The number of hydrogen-bond acceptors (Lipinski definition) is 7. The van der Waals surface area contributed by atoms with Crippen molar-refractivity contribution in [2.75, 3.05) is 24.2 Å². The molecule has 31 heavy (non-hydrogen) atoms. The van der Waals surface area contributed by atoms with Crippen LogP contribution in [0.5, 0.6) is 0 Å². The lowest BCUT2D eigenvalue weighted by Gasteiger charge is -2.20. The molecule has 3 aromatic rings. The third-order valence-corrected chi connectivity index (χ3v) is 7.92. The molecule has 0 saturated carbocycles. The average Bonchev–Trinajstić information content (AvgIpc) is 3.38. The summed E-state index contributed by atoms with van der Waals surface area (Å²) < 4.78 is 34.2. The van der Waals surface area contributed by atoms with Crippen molar-refractivity contribution in [3.05, 3.63) is 42.2 Å². The average molecular weight is 464 g/mol. The lowest BCUT2D eigenvalue weighted by atomic mass is 10.2. The van der Waals surface area contributed by atoms with Gasteiger partial charge in [-0.15, -0.1) is 10.2 Å². The van der Waals surface area contributed by atoms with Crippen LogP contribution >= 0.6 is 11.8 Å². The minimum absolute atomic E-state index is 0.0934. The second-order valence-electron chi connectivity index (χ2n) is 6.75. The maximum Gasteiger partial charge on any atom is 0.243 e.